The summed E-state index contributed by atoms with van der Waals surface area (Å²) in [5, 5.41) is 29.2. The molecule has 13 heteroatoms. The van der Waals surface area contributed by atoms with Gasteiger partial charge in [-0.1, -0.05) is 37.5 Å². The highest BCUT2D eigenvalue weighted by molar-refractivity contribution is 7.52. The molecule has 5 N–H and O–H groups in total. The summed E-state index contributed by atoms with van der Waals surface area (Å²) in [6, 6.07) is 11.8. The number of benzene rings is 1. The van der Waals surface area contributed by atoms with Gasteiger partial charge in [-0.25, -0.2) is 19.2 Å². The van der Waals surface area contributed by atoms with Crippen molar-refractivity contribution in [2.24, 2.45) is 0 Å². The fourth-order valence-electron chi connectivity index (χ4n) is 5.36. The van der Waals surface area contributed by atoms with Crippen LogP contribution < -0.4 is 15.3 Å². The number of anilines is 1. The number of nitrogens with one attached hydrogen (secondary N) is 1. The van der Waals surface area contributed by atoms with Crippen molar-refractivity contribution in [2.75, 3.05) is 18.9 Å². The molecule has 1 aliphatic heterocycles. The number of fused-ring (bicyclic) bond motifs is 1. The van der Waals surface area contributed by atoms with Crippen LogP contribution in [0.4, 0.5) is 5.82 Å². The van der Waals surface area contributed by atoms with E-state index in [4.69, 9.17) is 24.3 Å². The van der Waals surface area contributed by atoms with E-state index in [1.54, 1.807) is 43.3 Å². The van der Waals surface area contributed by atoms with Gasteiger partial charge in [0.05, 0.1) is 25.0 Å². The monoisotopic (exact) mass is 575 g/mol. The highest BCUT2D eigenvalue weighted by atomic mass is 31.2. The third kappa shape index (κ3) is 6.18. The first-order valence-corrected chi connectivity index (χ1v) is 15.2. The molecular weight excluding hydrogens is 537 g/mol. The van der Waals surface area contributed by atoms with Crippen molar-refractivity contribution < 1.29 is 33.3 Å². The van der Waals surface area contributed by atoms with Crippen LogP contribution in [0.5, 0.6) is 5.75 Å². The minimum atomic E-state index is -3.96. The molecule has 218 valence electrons. The van der Waals surface area contributed by atoms with Crippen molar-refractivity contribution >= 4 is 19.1 Å². The van der Waals surface area contributed by atoms with E-state index in [0.29, 0.717) is 23.6 Å². The maximum Gasteiger partial charge on any atom is 0.459 e. The van der Waals surface area contributed by atoms with Crippen LogP contribution in [0.25, 0.3) is 5.52 Å². The smallest absolute Gasteiger partial charge is 0.413 e. The number of nitrogens with two attached hydrogens (primary N) is 1. The molecule has 1 saturated carbocycles. The van der Waals surface area contributed by atoms with Crippen LogP contribution in [0.1, 0.15) is 51.6 Å². The maximum absolute atomic E-state index is 13.9. The number of aliphatic hydroxyl groups excluding tert-OH is 2. The molecule has 0 amide bonds. The summed E-state index contributed by atoms with van der Waals surface area (Å²) in [6.07, 6.45) is 3.38. The van der Waals surface area contributed by atoms with Crippen molar-refractivity contribution in [3.8, 4) is 5.75 Å². The Morgan fingerprint density at radius 3 is 2.70 bits per heavy atom. The zero-order valence-electron chi connectivity index (χ0n) is 22.8. The Labute approximate surface area is 233 Å². The van der Waals surface area contributed by atoms with Gasteiger partial charge in [0.15, 0.2) is 5.82 Å². The van der Waals surface area contributed by atoms with Crippen molar-refractivity contribution in [1.82, 2.24) is 19.7 Å². The number of rotatable bonds is 11. The Balaban J connectivity index is 1.29. The van der Waals surface area contributed by atoms with Gasteiger partial charge in [0, 0.05) is 6.04 Å². The summed E-state index contributed by atoms with van der Waals surface area (Å²) < 4.78 is 39.3. The van der Waals surface area contributed by atoms with E-state index in [1.165, 1.54) is 17.3 Å². The third-order valence-corrected chi connectivity index (χ3v) is 9.24. The molecule has 1 unspecified atom stereocenters. The van der Waals surface area contributed by atoms with E-state index < -0.39 is 31.7 Å². The standard InChI is InChI=1S/C27H38N5O7P/c1-18(15-36-19-9-5-3-6-10-19)31-40(35,39-20-11-7-4-8-12-20)37-16-22-24(33)25(34)27(2,38-22)23-14-13-21-26(28)29-17-30-32(21)23/h4,7-8,11-14,17-19,22,24-25,33-34H,3,5-6,9-10,15-16H2,1-2H3,(H,31,35)(H2,28,29,30)/t18-,22+,24+,25+,27-,40?/m0/s1. The number of para-hydroxylation sites is 1. The Morgan fingerprint density at radius 2 is 1.95 bits per heavy atom. The second-order valence-electron chi connectivity index (χ2n) is 10.7. The molecule has 0 bridgehead atoms. The number of nitrogens with zero attached hydrogens (tertiary/aromatic N) is 3. The fraction of sp³-hybridized carbons (Fsp3) is 0.556. The first-order chi connectivity index (χ1) is 19.2. The molecule has 2 aromatic heterocycles. The van der Waals surface area contributed by atoms with Gasteiger partial charge in [-0.3, -0.25) is 4.52 Å². The molecule has 12 nitrogen and oxygen atoms in total. The summed E-state index contributed by atoms with van der Waals surface area (Å²) in [7, 11) is -3.96. The third-order valence-electron chi connectivity index (χ3n) is 7.55. The largest absolute Gasteiger partial charge is 0.459 e. The van der Waals surface area contributed by atoms with Gasteiger partial charge in [0.1, 0.15) is 41.5 Å². The molecule has 3 aromatic rings. The lowest BCUT2D eigenvalue weighted by atomic mass is 9.93. The zero-order valence-corrected chi connectivity index (χ0v) is 23.7. The topological polar surface area (TPSA) is 163 Å². The number of aromatic nitrogens is 3. The van der Waals surface area contributed by atoms with Crippen molar-refractivity contribution in [3.05, 3.63) is 54.5 Å². The Morgan fingerprint density at radius 1 is 1.20 bits per heavy atom. The minimum absolute atomic E-state index is 0.195. The van der Waals surface area contributed by atoms with Crippen LogP contribution in [-0.4, -0.2) is 68.5 Å². The number of ether oxygens (including phenoxy) is 2. The minimum Gasteiger partial charge on any atom is -0.413 e. The van der Waals surface area contributed by atoms with Crippen LogP contribution in [0.3, 0.4) is 0 Å². The van der Waals surface area contributed by atoms with Gasteiger partial charge in [0.25, 0.3) is 0 Å². The molecular formula is C27H38N5O7P. The number of hydrogen-bond acceptors (Lipinski definition) is 10. The number of nitrogen functional groups attached to an aromatic ring is 1. The second kappa shape index (κ2) is 12.1. The number of aliphatic hydroxyl groups is 2. The van der Waals surface area contributed by atoms with Crippen LogP contribution in [0.2, 0.25) is 0 Å². The van der Waals surface area contributed by atoms with Gasteiger partial charge >= 0.3 is 7.75 Å². The Bertz CT molecular complexity index is 1320. The molecule has 2 fully saturated rings. The summed E-state index contributed by atoms with van der Waals surface area (Å²) in [5.74, 6) is 0.623. The molecule has 1 aromatic carbocycles. The molecule has 6 atom stereocenters. The number of hydrogen-bond donors (Lipinski definition) is 4. The highest BCUT2D eigenvalue weighted by Gasteiger charge is 2.54. The molecule has 0 radical (unpaired) electrons. The van der Waals surface area contributed by atoms with Crippen LogP contribution in [0.15, 0.2) is 48.8 Å². The Kier molecular flexibility index (Phi) is 8.77. The molecule has 40 heavy (non-hydrogen) atoms. The lowest BCUT2D eigenvalue weighted by molar-refractivity contribution is -0.0874. The van der Waals surface area contributed by atoms with Gasteiger partial charge in [-0.15, -0.1) is 0 Å². The molecule has 3 heterocycles. The van der Waals surface area contributed by atoms with Crippen molar-refractivity contribution in [2.45, 2.75) is 82.0 Å². The first-order valence-electron chi connectivity index (χ1n) is 13.7. The second-order valence-corrected chi connectivity index (χ2v) is 12.4. The Hall–Kier alpha value is -2.57. The lowest BCUT2D eigenvalue weighted by Crippen LogP contribution is -2.39. The lowest BCUT2D eigenvalue weighted by Gasteiger charge is -2.28. The summed E-state index contributed by atoms with van der Waals surface area (Å²) in [4.78, 5) is 3.99. The predicted molar refractivity (Wildman–Crippen MR) is 148 cm³/mol. The molecule has 0 spiro atoms. The molecule has 1 saturated heterocycles. The first kappa shape index (κ1) is 28.9. The predicted octanol–water partition coefficient (Wildman–Crippen LogP) is 3.18. The van der Waals surface area contributed by atoms with E-state index >= 15 is 0 Å². The van der Waals surface area contributed by atoms with E-state index in [1.807, 2.05) is 13.0 Å². The maximum atomic E-state index is 13.9. The average molecular weight is 576 g/mol. The van der Waals surface area contributed by atoms with Crippen molar-refractivity contribution in [3.63, 3.8) is 0 Å². The quantitative estimate of drug-likeness (QED) is 0.248. The SMILES string of the molecule is C[C@@H](COC1CCCCC1)NP(=O)(OC[C@H]1O[C@@](C)(c2ccc3c(N)ncnn23)[C@H](O)[C@@H]1O)Oc1ccccc1. The average Bonchev–Trinajstić information content (AvgIpc) is 3.49. The van der Waals surface area contributed by atoms with Gasteiger partial charge < -0.3 is 29.9 Å². The highest BCUT2D eigenvalue weighted by Crippen LogP contribution is 2.47. The van der Waals surface area contributed by atoms with E-state index in [2.05, 4.69) is 15.2 Å². The van der Waals surface area contributed by atoms with E-state index in [9.17, 15) is 14.8 Å². The normalized spacial score (nSPS) is 27.9. The van der Waals surface area contributed by atoms with Gasteiger partial charge in [0.2, 0.25) is 0 Å². The van der Waals surface area contributed by atoms with Crippen molar-refractivity contribution in [1.29, 1.82) is 0 Å². The summed E-state index contributed by atoms with van der Waals surface area (Å²) in [5.41, 5.74) is 5.61. The van der Waals surface area contributed by atoms with Gasteiger partial charge in [-0.2, -0.15) is 5.10 Å². The molecule has 1 aliphatic carbocycles. The fourth-order valence-corrected chi connectivity index (χ4v) is 6.89. The van der Waals surface area contributed by atoms with Crippen LogP contribution >= 0.6 is 7.75 Å². The summed E-state index contributed by atoms with van der Waals surface area (Å²) >= 11 is 0. The van der Waals surface area contributed by atoms with Crippen LogP contribution in [-0.2, 0) is 24.2 Å². The van der Waals surface area contributed by atoms with E-state index in [-0.39, 0.29) is 24.6 Å². The summed E-state index contributed by atoms with van der Waals surface area (Å²) in [6.45, 7) is 3.51. The zero-order chi connectivity index (χ0) is 28.3. The van der Waals surface area contributed by atoms with Gasteiger partial charge in [-0.05, 0) is 51.0 Å². The van der Waals surface area contributed by atoms with E-state index in [0.717, 1.165) is 25.7 Å². The van der Waals surface area contributed by atoms with Crippen LogP contribution in [0, 0.1) is 0 Å². The molecule has 5 rings (SSSR count). The molecule has 2 aliphatic rings.